The van der Waals surface area contributed by atoms with Crippen molar-refractivity contribution in [3.8, 4) is 0 Å². The summed E-state index contributed by atoms with van der Waals surface area (Å²) < 4.78 is 28.8. The molecule has 1 aliphatic carbocycles. The zero-order valence-corrected chi connectivity index (χ0v) is 12.4. The third-order valence-corrected chi connectivity index (χ3v) is 4.73. The molecule has 0 amide bonds. The van der Waals surface area contributed by atoms with Gasteiger partial charge in [-0.15, -0.1) is 0 Å². The van der Waals surface area contributed by atoms with E-state index in [1.165, 1.54) is 6.42 Å². The first-order valence-electron chi connectivity index (χ1n) is 6.58. The van der Waals surface area contributed by atoms with Gasteiger partial charge in [0.25, 0.3) is 10.2 Å². The Morgan fingerprint density at radius 3 is 2.17 bits per heavy atom. The highest BCUT2D eigenvalue weighted by Gasteiger charge is 2.33. The van der Waals surface area contributed by atoms with Crippen LogP contribution in [0.4, 0.5) is 0 Å². The van der Waals surface area contributed by atoms with E-state index in [4.69, 9.17) is 0 Å². The second kappa shape index (κ2) is 5.86. The van der Waals surface area contributed by atoms with Crippen molar-refractivity contribution in [1.82, 2.24) is 9.44 Å². The fourth-order valence-corrected chi connectivity index (χ4v) is 3.75. The molecule has 1 rings (SSSR count). The molecule has 0 saturated heterocycles. The Kier molecular flexibility index (Phi) is 5.17. The Morgan fingerprint density at radius 2 is 1.72 bits per heavy atom. The molecule has 0 aliphatic heterocycles. The molecule has 1 saturated carbocycles. The van der Waals surface area contributed by atoms with Crippen LogP contribution < -0.4 is 9.44 Å². The van der Waals surface area contributed by atoms with E-state index in [-0.39, 0.29) is 12.0 Å². The normalized spacial score (nSPS) is 20.9. The van der Waals surface area contributed by atoms with Crippen molar-refractivity contribution < 1.29 is 13.5 Å². The van der Waals surface area contributed by atoms with E-state index in [1.807, 2.05) is 0 Å². The van der Waals surface area contributed by atoms with Gasteiger partial charge < -0.3 is 5.11 Å². The molecule has 1 aliphatic rings. The number of aliphatic hydroxyl groups excluding tert-OH is 1. The van der Waals surface area contributed by atoms with E-state index in [1.54, 1.807) is 20.8 Å². The molecule has 0 bridgehead atoms. The molecule has 0 radical (unpaired) electrons. The molecule has 0 spiro atoms. The fraction of sp³-hybridized carbons (Fsp3) is 1.00. The van der Waals surface area contributed by atoms with Crippen molar-refractivity contribution in [2.45, 2.75) is 58.4 Å². The maximum Gasteiger partial charge on any atom is 0.277 e. The van der Waals surface area contributed by atoms with Gasteiger partial charge in [0.15, 0.2) is 0 Å². The van der Waals surface area contributed by atoms with E-state index in [0.717, 1.165) is 25.7 Å². The molecule has 0 aromatic carbocycles. The minimum absolute atomic E-state index is 0.0467. The molecule has 6 heteroatoms. The topological polar surface area (TPSA) is 78.4 Å². The smallest absolute Gasteiger partial charge is 0.277 e. The van der Waals surface area contributed by atoms with Crippen LogP contribution in [0.15, 0.2) is 0 Å². The van der Waals surface area contributed by atoms with Crippen LogP contribution in [0, 0.1) is 5.41 Å². The summed E-state index contributed by atoms with van der Waals surface area (Å²) in [6, 6.07) is 0. The Bertz CT molecular complexity index is 354. The van der Waals surface area contributed by atoms with Gasteiger partial charge in [0.05, 0.1) is 0 Å². The summed E-state index contributed by atoms with van der Waals surface area (Å²) >= 11 is 0. The molecular weight excluding hydrogens is 252 g/mol. The monoisotopic (exact) mass is 278 g/mol. The maximum atomic E-state index is 11.8. The van der Waals surface area contributed by atoms with Crippen molar-refractivity contribution in [3.05, 3.63) is 0 Å². The molecular formula is C12H26N2O3S. The first kappa shape index (κ1) is 15.9. The molecule has 1 fully saturated rings. The van der Waals surface area contributed by atoms with Gasteiger partial charge in [-0.25, -0.2) is 4.72 Å². The molecule has 0 aromatic rings. The summed E-state index contributed by atoms with van der Waals surface area (Å²) in [6.07, 6.45) is 5.09. The van der Waals surface area contributed by atoms with Crippen LogP contribution in [-0.4, -0.2) is 32.2 Å². The van der Waals surface area contributed by atoms with Crippen LogP contribution in [0.3, 0.4) is 0 Å². The van der Waals surface area contributed by atoms with Crippen LogP contribution >= 0.6 is 0 Å². The van der Waals surface area contributed by atoms with E-state index in [2.05, 4.69) is 9.44 Å². The van der Waals surface area contributed by atoms with Crippen molar-refractivity contribution in [2.75, 3.05) is 13.2 Å². The molecule has 108 valence electrons. The van der Waals surface area contributed by atoms with Gasteiger partial charge in [-0.2, -0.15) is 13.1 Å². The summed E-state index contributed by atoms with van der Waals surface area (Å²) in [6.45, 7) is 5.76. The van der Waals surface area contributed by atoms with Gasteiger partial charge in [0, 0.05) is 24.1 Å². The molecule has 5 nitrogen and oxygen atoms in total. The molecule has 0 heterocycles. The van der Waals surface area contributed by atoms with Crippen LogP contribution in [0.2, 0.25) is 0 Å². The van der Waals surface area contributed by atoms with Crippen molar-refractivity contribution in [1.29, 1.82) is 0 Å². The van der Waals surface area contributed by atoms with Gasteiger partial charge >= 0.3 is 0 Å². The number of rotatable bonds is 5. The zero-order valence-electron chi connectivity index (χ0n) is 11.6. The van der Waals surface area contributed by atoms with Gasteiger partial charge in [-0.05, 0) is 33.6 Å². The largest absolute Gasteiger partial charge is 0.396 e. The minimum atomic E-state index is -3.50. The first-order chi connectivity index (χ1) is 8.18. The third-order valence-electron chi connectivity index (χ3n) is 3.33. The molecule has 18 heavy (non-hydrogen) atoms. The highest BCUT2D eigenvalue weighted by molar-refractivity contribution is 7.87. The summed E-state index contributed by atoms with van der Waals surface area (Å²) in [7, 11) is -3.50. The van der Waals surface area contributed by atoms with E-state index >= 15 is 0 Å². The van der Waals surface area contributed by atoms with E-state index in [9.17, 15) is 13.5 Å². The van der Waals surface area contributed by atoms with Gasteiger partial charge in [-0.3, -0.25) is 0 Å². The van der Waals surface area contributed by atoms with Crippen LogP contribution in [-0.2, 0) is 10.2 Å². The fourth-order valence-electron chi connectivity index (χ4n) is 2.38. The van der Waals surface area contributed by atoms with Crippen molar-refractivity contribution in [3.63, 3.8) is 0 Å². The highest BCUT2D eigenvalue weighted by atomic mass is 32.2. The highest BCUT2D eigenvalue weighted by Crippen LogP contribution is 2.35. The lowest BCUT2D eigenvalue weighted by molar-refractivity contribution is 0.0866. The molecule has 3 N–H and O–H groups in total. The predicted octanol–water partition coefficient (Wildman–Crippen LogP) is 1.15. The predicted molar refractivity (Wildman–Crippen MR) is 72.4 cm³/mol. The molecule has 0 aromatic heterocycles. The van der Waals surface area contributed by atoms with Gasteiger partial charge in [0.2, 0.25) is 0 Å². The summed E-state index contributed by atoms with van der Waals surface area (Å²) in [5.41, 5.74) is -0.768. The summed E-state index contributed by atoms with van der Waals surface area (Å²) in [4.78, 5) is 0. The summed E-state index contributed by atoms with van der Waals surface area (Å²) in [5, 5.41) is 9.52. The Hall–Kier alpha value is -0.170. The Morgan fingerprint density at radius 1 is 1.17 bits per heavy atom. The van der Waals surface area contributed by atoms with E-state index < -0.39 is 15.7 Å². The second-order valence-electron chi connectivity index (χ2n) is 6.40. The lowest BCUT2D eigenvalue weighted by Crippen LogP contribution is -2.50. The molecule has 0 atom stereocenters. The second-order valence-corrected chi connectivity index (χ2v) is 7.90. The Balaban J connectivity index is 2.57. The summed E-state index contributed by atoms with van der Waals surface area (Å²) in [5.74, 6) is 0. The Labute approximate surface area is 111 Å². The van der Waals surface area contributed by atoms with Gasteiger partial charge in [-0.1, -0.05) is 19.3 Å². The number of hydrogen-bond acceptors (Lipinski definition) is 3. The molecule has 0 unspecified atom stereocenters. The van der Waals surface area contributed by atoms with Crippen molar-refractivity contribution >= 4 is 10.2 Å². The lowest BCUT2D eigenvalue weighted by atomic mass is 9.75. The van der Waals surface area contributed by atoms with Crippen LogP contribution in [0.5, 0.6) is 0 Å². The minimum Gasteiger partial charge on any atom is -0.396 e. The average molecular weight is 278 g/mol. The SMILES string of the molecule is CC(C)(C)NS(=O)(=O)NCC1(CO)CCCCC1. The number of nitrogens with one attached hydrogen (secondary N) is 2. The van der Waals surface area contributed by atoms with E-state index in [0.29, 0.717) is 6.54 Å². The van der Waals surface area contributed by atoms with Crippen LogP contribution in [0.1, 0.15) is 52.9 Å². The van der Waals surface area contributed by atoms with Gasteiger partial charge in [0.1, 0.15) is 0 Å². The number of hydrogen-bond donors (Lipinski definition) is 3. The standard InChI is InChI=1S/C12H26N2O3S/c1-11(2,3)14-18(16,17)13-9-12(10-15)7-5-4-6-8-12/h13-15H,4-10H2,1-3H3. The third kappa shape index (κ3) is 5.22. The number of aliphatic hydroxyl groups is 1. The quantitative estimate of drug-likeness (QED) is 0.706. The average Bonchev–Trinajstić information content (AvgIpc) is 2.25. The maximum absolute atomic E-state index is 11.8. The van der Waals surface area contributed by atoms with Crippen LogP contribution in [0.25, 0.3) is 0 Å². The lowest BCUT2D eigenvalue weighted by Gasteiger charge is -2.36. The first-order valence-corrected chi connectivity index (χ1v) is 8.06. The zero-order chi connectivity index (χ0) is 13.9. The van der Waals surface area contributed by atoms with Crippen molar-refractivity contribution in [2.24, 2.45) is 5.41 Å².